The summed E-state index contributed by atoms with van der Waals surface area (Å²) in [7, 11) is 0. The molecule has 3 aliphatic rings. The van der Waals surface area contributed by atoms with Crippen LogP contribution in [0.1, 0.15) is 10.4 Å². The van der Waals surface area contributed by atoms with Crippen molar-refractivity contribution in [1.82, 2.24) is 5.01 Å². The van der Waals surface area contributed by atoms with Crippen molar-refractivity contribution in [2.45, 2.75) is 12.1 Å². The Kier molecular flexibility index (Phi) is 4.10. The van der Waals surface area contributed by atoms with Gasteiger partial charge in [-0.05, 0) is 24.3 Å². The van der Waals surface area contributed by atoms with Gasteiger partial charge >= 0.3 is 0 Å². The van der Waals surface area contributed by atoms with Crippen LogP contribution >= 0.6 is 11.6 Å². The predicted octanol–water partition coefficient (Wildman–Crippen LogP) is 2.94. The van der Waals surface area contributed by atoms with Crippen molar-refractivity contribution < 1.29 is 14.4 Å². The van der Waals surface area contributed by atoms with E-state index >= 15 is 0 Å². The van der Waals surface area contributed by atoms with E-state index in [1.165, 1.54) is 0 Å². The summed E-state index contributed by atoms with van der Waals surface area (Å²) in [6.45, 7) is 0. The number of imide groups is 1. The van der Waals surface area contributed by atoms with Gasteiger partial charge in [0.15, 0.2) is 5.78 Å². The molecule has 0 saturated carbocycles. The lowest BCUT2D eigenvalue weighted by molar-refractivity contribution is -0.123. The van der Waals surface area contributed by atoms with Gasteiger partial charge < -0.3 is 0 Å². The van der Waals surface area contributed by atoms with Gasteiger partial charge in [-0.15, -0.1) is 0 Å². The van der Waals surface area contributed by atoms with E-state index in [9.17, 15) is 14.4 Å². The Balaban J connectivity index is 1.59. The maximum absolute atomic E-state index is 13.4. The third-order valence-electron chi connectivity index (χ3n) is 5.68. The fourth-order valence-corrected chi connectivity index (χ4v) is 4.66. The fourth-order valence-electron chi connectivity index (χ4n) is 4.48. The molecule has 0 bridgehead atoms. The summed E-state index contributed by atoms with van der Waals surface area (Å²) < 4.78 is 0. The Labute approximate surface area is 172 Å². The van der Waals surface area contributed by atoms with Gasteiger partial charge in [0.25, 0.3) is 0 Å². The van der Waals surface area contributed by atoms with Crippen molar-refractivity contribution in [2.75, 3.05) is 4.90 Å². The lowest BCUT2D eigenvalue weighted by Gasteiger charge is -2.30. The van der Waals surface area contributed by atoms with Gasteiger partial charge in [0.2, 0.25) is 11.8 Å². The number of carbonyl (C=O) groups excluding carboxylic acids is 3. The quantitative estimate of drug-likeness (QED) is 0.581. The van der Waals surface area contributed by atoms with Crippen LogP contribution in [0.3, 0.4) is 0 Å². The van der Waals surface area contributed by atoms with E-state index in [0.717, 1.165) is 4.90 Å². The number of hydrazone groups is 1. The third-order valence-corrected chi connectivity index (χ3v) is 5.92. The smallest absolute Gasteiger partial charge is 0.240 e. The number of allylic oxidation sites excluding steroid dienone is 1. The van der Waals surface area contributed by atoms with Crippen LogP contribution in [-0.2, 0) is 9.59 Å². The second-order valence-corrected chi connectivity index (χ2v) is 7.67. The van der Waals surface area contributed by atoms with Crippen LogP contribution in [0.25, 0.3) is 0 Å². The maximum Gasteiger partial charge on any atom is 0.240 e. The van der Waals surface area contributed by atoms with Gasteiger partial charge in [-0.2, -0.15) is 5.10 Å². The largest absolute Gasteiger partial charge is 0.292 e. The van der Waals surface area contributed by atoms with Gasteiger partial charge in [-0.25, -0.2) is 4.90 Å². The van der Waals surface area contributed by atoms with E-state index < -0.39 is 29.8 Å². The first-order valence-electron chi connectivity index (χ1n) is 9.29. The molecule has 3 aliphatic heterocycles. The number of hydrogen-bond acceptors (Lipinski definition) is 5. The molecule has 0 spiro atoms. The summed E-state index contributed by atoms with van der Waals surface area (Å²) in [5, 5.41) is 6.38. The topological polar surface area (TPSA) is 70.0 Å². The van der Waals surface area contributed by atoms with Crippen molar-refractivity contribution in [3.05, 3.63) is 77.3 Å². The monoisotopic (exact) mass is 405 g/mol. The van der Waals surface area contributed by atoms with Gasteiger partial charge in [-0.1, -0.05) is 54.1 Å². The van der Waals surface area contributed by atoms with Crippen LogP contribution in [0.4, 0.5) is 5.69 Å². The number of halogens is 1. The number of hydrogen-bond donors (Lipinski definition) is 0. The van der Waals surface area contributed by atoms with E-state index in [4.69, 9.17) is 11.6 Å². The summed E-state index contributed by atoms with van der Waals surface area (Å²) in [4.78, 5) is 41.2. The molecule has 0 N–H and O–H groups in total. The molecule has 0 radical (unpaired) electrons. The molecular weight excluding hydrogens is 390 g/mol. The molecule has 0 aromatic heterocycles. The van der Waals surface area contributed by atoms with E-state index in [2.05, 4.69) is 5.10 Å². The van der Waals surface area contributed by atoms with Gasteiger partial charge in [0.1, 0.15) is 6.04 Å². The zero-order valence-electron chi connectivity index (χ0n) is 15.2. The minimum atomic E-state index is -0.839. The number of anilines is 1. The summed E-state index contributed by atoms with van der Waals surface area (Å²) in [5.41, 5.74) is 0.908. The fraction of sp³-hybridized carbons (Fsp3) is 0.182. The highest BCUT2D eigenvalue weighted by Gasteiger charge is 2.64. The third kappa shape index (κ3) is 2.63. The SMILES string of the molecule is O=C(c1ccccc1)[C@H]1[C@H]2C(=O)N(c3cccc(Cl)c3)C(=O)[C@H]2C2C=CC=NN21. The van der Waals surface area contributed by atoms with Crippen molar-refractivity contribution in [1.29, 1.82) is 0 Å². The van der Waals surface area contributed by atoms with Gasteiger partial charge in [0.05, 0.1) is 23.6 Å². The average molecular weight is 406 g/mol. The Hall–Kier alpha value is -3.25. The molecule has 144 valence electrons. The minimum Gasteiger partial charge on any atom is -0.292 e. The van der Waals surface area contributed by atoms with Gasteiger partial charge in [-0.3, -0.25) is 19.4 Å². The maximum atomic E-state index is 13.4. The second-order valence-electron chi connectivity index (χ2n) is 7.24. The number of benzene rings is 2. The number of Topliss-reactive ketones (excluding diaryl/α,β-unsaturated/α-hetero) is 1. The Morgan fingerprint density at radius 1 is 0.966 bits per heavy atom. The number of ketones is 1. The lowest BCUT2D eigenvalue weighted by atomic mass is 9.86. The van der Waals surface area contributed by atoms with Gasteiger partial charge in [0, 0.05) is 16.8 Å². The van der Waals surface area contributed by atoms with Crippen LogP contribution in [0.5, 0.6) is 0 Å². The average Bonchev–Trinajstić information content (AvgIpc) is 3.21. The number of nitrogens with zero attached hydrogens (tertiary/aromatic N) is 3. The zero-order valence-corrected chi connectivity index (χ0v) is 15.9. The standard InChI is InChI=1S/C22H16ClN3O3/c23-14-8-4-9-15(12-14)25-21(28)17-16-10-5-11-24-26(16)19(18(17)22(25)29)20(27)13-6-2-1-3-7-13/h1-12,16-19H/t16?,17-,18-,19+/m0/s1. The molecule has 29 heavy (non-hydrogen) atoms. The molecule has 2 aromatic carbocycles. The summed E-state index contributed by atoms with van der Waals surface area (Å²) in [6.07, 6.45) is 5.15. The van der Waals surface area contributed by atoms with Crippen LogP contribution in [0.15, 0.2) is 71.9 Å². The summed E-state index contributed by atoms with van der Waals surface area (Å²) in [5.74, 6) is -2.42. The second kappa shape index (κ2) is 6.67. The minimum absolute atomic E-state index is 0.218. The van der Waals surface area contributed by atoms with E-state index in [1.54, 1.807) is 65.8 Å². The number of rotatable bonds is 3. The Morgan fingerprint density at radius 2 is 1.72 bits per heavy atom. The molecule has 7 heteroatoms. The van der Waals surface area contributed by atoms with Crippen molar-refractivity contribution in [3.63, 3.8) is 0 Å². The van der Waals surface area contributed by atoms with Crippen molar-refractivity contribution >= 4 is 41.1 Å². The first-order chi connectivity index (χ1) is 14.1. The lowest BCUT2D eigenvalue weighted by Crippen LogP contribution is -2.46. The summed E-state index contributed by atoms with van der Waals surface area (Å²) in [6, 6.07) is 14.1. The molecular formula is C22H16ClN3O3. The number of fused-ring (bicyclic) bond motifs is 3. The molecule has 6 nitrogen and oxygen atoms in total. The Morgan fingerprint density at radius 3 is 2.48 bits per heavy atom. The highest BCUT2D eigenvalue weighted by Crippen LogP contribution is 2.46. The Bertz CT molecular complexity index is 1080. The van der Waals surface area contributed by atoms with Crippen LogP contribution in [-0.4, -0.2) is 40.9 Å². The molecule has 3 heterocycles. The summed E-state index contributed by atoms with van der Waals surface area (Å²) >= 11 is 6.07. The molecule has 1 unspecified atom stereocenters. The van der Waals surface area contributed by atoms with Crippen molar-refractivity contribution in [2.24, 2.45) is 16.9 Å². The molecule has 2 saturated heterocycles. The molecule has 5 rings (SSSR count). The highest BCUT2D eigenvalue weighted by atomic mass is 35.5. The zero-order chi connectivity index (χ0) is 20.1. The van der Waals surface area contributed by atoms with Crippen LogP contribution in [0, 0.1) is 11.8 Å². The van der Waals surface area contributed by atoms with E-state index in [0.29, 0.717) is 16.3 Å². The first-order valence-corrected chi connectivity index (χ1v) is 9.67. The molecule has 0 aliphatic carbocycles. The molecule has 2 fully saturated rings. The van der Waals surface area contributed by atoms with Crippen molar-refractivity contribution in [3.8, 4) is 0 Å². The molecule has 2 amide bonds. The number of amides is 2. The van der Waals surface area contributed by atoms with E-state index in [1.807, 2.05) is 12.1 Å². The number of carbonyl (C=O) groups is 3. The molecule has 4 atom stereocenters. The van der Waals surface area contributed by atoms with Crippen LogP contribution in [0.2, 0.25) is 5.02 Å². The van der Waals surface area contributed by atoms with E-state index in [-0.39, 0.29) is 11.7 Å². The first kappa shape index (κ1) is 17.8. The van der Waals surface area contributed by atoms with Crippen LogP contribution < -0.4 is 4.90 Å². The highest BCUT2D eigenvalue weighted by molar-refractivity contribution is 6.31. The predicted molar refractivity (Wildman–Crippen MR) is 109 cm³/mol. The molecule has 2 aromatic rings. The normalized spacial score (nSPS) is 27.3.